The van der Waals surface area contributed by atoms with E-state index in [-0.39, 0.29) is 0 Å². The Morgan fingerprint density at radius 3 is 2.69 bits per heavy atom. The van der Waals surface area contributed by atoms with Crippen molar-refractivity contribution in [2.45, 2.75) is 57.4 Å². The molecule has 2 saturated heterocycles. The minimum absolute atomic E-state index is 0.493. The molecule has 0 saturated carbocycles. The van der Waals surface area contributed by atoms with Gasteiger partial charge in [-0.3, -0.25) is 9.97 Å². The maximum Gasteiger partial charge on any atom is 0.139 e. The quantitative estimate of drug-likeness (QED) is 0.645. The Bertz CT molecular complexity index is 725. The molecule has 4 heterocycles. The van der Waals surface area contributed by atoms with Gasteiger partial charge in [-0.05, 0) is 68.7 Å². The monoisotopic (exact) mass is 394 g/mol. The zero-order valence-electron chi connectivity index (χ0n) is 17.4. The van der Waals surface area contributed by atoms with Gasteiger partial charge in [0.15, 0.2) is 0 Å². The van der Waals surface area contributed by atoms with Crippen LogP contribution in [0.4, 0.5) is 5.69 Å². The third-order valence-electron chi connectivity index (χ3n) is 6.37. The Labute approximate surface area is 174 Å². The molecule has 156 valence electrons. The highest BCUT2D eigenvalue weighted by Gasteiger charge is 2.20. The predicted molar refractivity (Wildman–Crippen MR) is 117 cm³/mol. The van der Waals surface area contributed by atoms with Crippen molar-refractivity contribution in [3.63, 3.8) is 0 Å². The minimum Gasteiger partial charge on any atom is -0.490 e. The molecule has 2 fully saturated rings. The van der Waals surface area contributed by atoms with Gasteiger partial charge in [0.2, 0.25) is 0 Å². The fourth-order valence-electron chi connectivity index (χ4n) is 4.55. The highest BCUT2D eigenvalue weighted by Crippen LogP contribution is 2.28. The summed E-state index contributed by atoms with van der Waals surface area (Å²) >= 11 is 0. The van der Waals surface area contributed by atoms with Gasteiger partial charge < -0.3 is 15.0 Å². The van der Waals surface area contributed by atoms with Crippen molar-refractivity contribution in [3.8, 4) is 5.75 Å². The number of aryl methyl sites for hydroxylation is 1. The molecule has 1 N–H and O–H groups in total. The molecule has 0 aliphatic carbocycles. The molecule has 0 unspecified atom stereocenters. The lowest BCUT2D eigenvalue weighted by molar-refractivity contribution is 0.276. The summed E-state index contributed by atoms with van der Waals surface area (Å²) in [5.74, 6) is 1.76. The van der Waals surface area contributed by atoms with Gasteiger partial charge in [-0.15, -0.1) is 0 Å². The van der Waals surface area contributed by atoms with Gasteiger partial charge in [-0.1, -0.05) is 12.8 Å². The summed E-state index contributed by atoms with van der Waals surface area (Å²) in [6.45, 7) is 4.12. The maximum absolute atomic E-state index is 5.99. The first-order valence-corrected chi connectivity index (χ1v) is 11.3. The smallest absolute Gasteiger partial charge is 0.139 e. The van der Waals surface area contributed by atoms with Crippen LogP contribution < -0.4 is 15.0 Å². The molecule has 2 aliphatic heterocycles. The molecule has 2 aromatic heterocycles. The van der Waals surface area contributed by atoms with Crippen LogP contribution in [0.1, 0.15) is 50.5 Å². The number of pyridine rings is 2. The van der Waals surface area contributed by atoms with E-state index in [1.165, 1.54) is 62.6 Å². The van der Waals surface area contributed by atoms with Crippen LogP contribution in [0.5, 0.6) is 5.75 Å². The number of aromatic nitrogens is 2. The molecule has 4 rings (SSSR count). The van der Waals surface area contributed by atoms with Gasteiger partial charge in [-0.25, -0.2) is 0 Å². The molecule has 0 bridgehead atoms. The molecule has 0 aromatic carbocycles. The van der Waals surface area contributed by atoms with Crippen molar-refractivity contribution < 1.29 is 4.74 Å². The summed E-state index contributed by atoms with van der Waals surface area (Å²) < 4.78 is 5.99. The number of anilines is 1. The Kier molecular flexibility index (Phi) is 7.35. The lowest BCUT2D eigenvalue weighted by atomic mass is 9.91. The second-order valence-corrected chi connectivity index (χ2v) is 8.51. The lowest BCUT2D eigenvalue weighted by Gasteiger charge is -2.33. The summed E-state index contributed by atoms with van der Waals surface area (Å²) in [4.78, 5) is 11.0. The second-order valence-electron chi connectivity index (χ2n) is 8.51. The molecule has 29 heavy (non-hydrogen) atoms. The average Bonchev–Trinajstić information content (AvgIpc) is 3.30. The van der Waals surface area contributed by atoms with E-state index in [0.717, 1.165) is 37.9 Å². The first-order valence-electron chi connectivity index (χ1n) is 11.3. The number of hydrogen-bond donors (Lipinski definition) is 1. The number of rotatable bonds is 9. The van der Waals surface area contributed by atoms with Crippen molar-refractivity contribution in [3.05, 3.63) is 48.5 Å². The summed E-state index contributed by atoms with van der Waals surface area (Å²) in [6.07, 6.45) is 17.8. The maximum atomic E-state index is 5.99. The number of nitrogens with one attached hydrogen (secondary N) is 1. The molecule has 2 aliphatic rings. The van der Waals surface area contributed by atoms with E-state index in [9.17, 15) is 0 Å². The van der Waals surface area contributed by atoms with Crippen LogP contribution in [-0.2, 0) is 6.42 Å². The SMILES string of the molecule is c1cc(CCCCC2CCN(c3cncc(OC[C@@H]4CCCN4)c3)CC2)ccn1. The molecule has 5 heteroatoms. The largest absolute Gasteiger partial charge is 0.490 e. The van der Waals surface area contributed by atoms with Crippen molar-refractivity contribution in [2.75, 3.05) is 31.1 Å². The van der Waals surface area contributed by atoms with Gasteiger partial charge in [0.05, 0.1) is 18.1 Å². The second kappa shape index (κ2) is 10.6. The first kappa shape index (κ1) is 20.1. The fraction of sp³-hybridized carbons (Fsp3) is 0.583. The van der Waals surface area contributed by atoms with Crippen LogP contribution in [-0.4, -0.2) is 42.3 Å². The van der Waals surface area contributed by atoms with E-state index >= 15 is 0 Å². The van der Waals surface area contributed by atoms with Crippen molar-refractivity contribution in [2.24, 2.45) is 5.92 Å². The van der Waals surface area contributed by atoms with Gasteiger partial charge in [0.25, 0.3) is 0 Å². The Hall–Kier alpha value is -2.14. The molecule has 2 aromatic rings. The first-order chi connectivity index (χ1) is 14.4. The summed E-state index contributed by atoms with van der Waals surface area (Å²) in [5, 5.41) is 3.48. The van der Waals surface area contributed by atoms with Crippen LogP contribution in [0.25, 0.3) is 0 Å². The van der Waals surface area contributed by atoms with Crippen LogP contribution in [0.15, 0.2) is 43.0 Å². The lowest BCUT2D eigenvalue weighted by Crippen LogP contribution is -2.33. The normalized spacial score (nSPS) is 20.1. The van der Waals surface area contributed by atoms with E-state index in [0.29, 0.717) is 6.04 Å². The summed E-state index contributed by atoms with van der Waals surface area (Å²) in [5.41, 5.74) is 2.62. The molecule has 0 radical (unpaired) electrons. The highest BCUT2D eigenvalue weighted by atomic mass is 16.5. The van der Waals surface area contributed by atoms with Crippen LogP contribution in [0, 0.1) is 5.92 Å². The standard InChI is InChI=1S/C24H34N4O/c1(4-20-7-12-25-13-8-20)2-5-21-9-14-28(15-10-21)23-16-24(18-26-17-23)29-19-22-6-3-11-27-22/h7-8,12-13,16-18,21-22,27H,1-6,9-11,14-15,19H2/t22-/m0/s1. The summed E-state index contributed by atoms with van der Waals surface area (Å²) in [7, 11) is 0. The molecule has 1 atom stereocenters. The minimum atomic E-state index is 0.493. The van der Waals surface area contributed by atoms with E-state index in [1.807, 2.05) is 24.8 Å². The summed E-state index contributed by atoms with van der Waals surface area (Å²) in [6, 6.07) is 6.92. The van der Waals surface area contributed by atoms with Crippen molar-refractivity contribution in [1.82, 2.24) is 15.3 Å². The number of ether oxygens (including phenoxy) is 1. The zero-order chi connectivity index (χ0) is 19.7. The third kappa shape index (κ3) is 6.17. The zero-order valence-corrected chi connectivity index (χ0v) is 17.4. The number of hydrogen-bond acceptors (Lipinski definition) is 5. The molecule has 0 spiro atoms. The van der Waals surface area contributed by atoms with Gasteiger partial charge in [0, 0.05) is 37.6 Å². The number of unbranched alkanes of at least 4 members (excludes halogenated alkanes) is 1. The Morgan fingerprint density at radius 2 is 1.90 bits per heavy atom. The fourth-order valence-corrected chi connectivity index (χ4v) is 4.55. The topological polar surface area (TPSA) is 50.3 Å². The molecular weight excluding hydrogens is 360 g/mol. The highest BCUT2D eigenvalue weighted by molar-refractivity contribution is 5.48. The van der Waals surface area contributed by atoms with E-state index < -0.39 is 0 Å². The molecule has 0 amide bonds. The van der Waals surface area contributed by atoms with Crippen LogP contribution in [0.2, 0.25) is 0 Å². The van der Waals surface area contributed by atoms with E-state index in [4.69, 9.17) is 4.74 Å². The molecular formula is C24H34N4O. The van der Waals surface area contributed by atoms with Crippen LogP contribution in [0.3, 0.4) is 0 Å². The van der Waals surface area contributed by atoms with E-state index in [2.05, 4.69) is 38.4 Å². The van der Waals surface area contributed by atoms with E-state index in [1.54, 1.807) is 0 Å². The van der Waals surface area contributed by atoms with Crippen LogP contribution >= 0.6 is 0 Å². The van der Waals surface area contributed by atoms with Crippen molar-refractivity contribution >= 4 is 5.69 Å². The van der Waals surface area contributed by atoms with Crippen molar-refractivity contribution in [1.29, 1.82) is 0 Å². The third-order valence-corrected chi connectivity index (χ3v) is 6.37. The van der Waals surface area contributed by atoms with Gasteiger partial charge in [-0.2, -0.15) is 0 Å². The number of piperidine rings is 1. The van der Waals surface area contributed by atoms with Gasteiger partial charge >= 0.3 is 0 Å². The molecule has 5 nitrogen and oxygen atoms in total. The Balaban J connectivity index is 1.16. The number of nitrogens with zero attached hydrogens (tertiary/aromatic N) is 3. The van der Waals surface area contributed by atoms with Gasteiger partial charge in [0.1, 0.15) is 12.4 Å². The average molecular weight is 395 g/mol. The Morgan fingerprint density at radius 1 is 1.03 bits per heavy atom. The predicted octanol–water partition coefficient (Wildman–Crippen LogP) is 4.24.